The molecule has 35 heavy (non-hydrogen) atoms. The maximum Gasteiger partial charge on any atom is 0.333 e. The van der Waals surface area contributed by atoms with E-state index in [4.69, 9.17) is 0 Å². The second-order valence-electron chi connectivity index (χ2n) is 10.1. The van der Waals surface area contributed by atoms with E-state index in [1.54, 1.807) is 4.57 Å². The molecule has 1 saturated carbocycles. The van der Waals surface area contributed by atoms with Crippen molar-refractivity contribution in [2.45, 2.75) is 75.9 Å². The molecule has 0 aromatic carbocycles. The predicted octanol–water partition coefficient (Wildman–Crippen LogP) is 2.85. The van der Waals surface area contributed by atoms with Crippen LogP contribution in [0.25, 0.3) is 11.0 Å². The van der Waals surface area contributed by atoms with Crippen LogP contribution >= 0.6 is 11.8 Å². The third-order valence-corrected chi connectivity index (χ3v) is 8.77. The van der Waals surface area contributed by atoms with Crippen molar-refractivity contribution in [3.63, 3.8) is 0 Å². The number of piperidine rings is 1. The van der Waals surface area contributed by atoms with E-state index >= 15 is 0 Å². The highest BCUT2D eigenvalue weighted by Crippen LogP contribution is 2.30. The Bertz CT molecular complexity index is 1180. The monoisotopic (exact) mass is 503 g/mol. The molecule has 2 aromatic heterocycles. The third kappa shape index (κ3) is 5.33. The van der Waals surface area contributed by atoms with Crippen molar-refractivity contribution in [2.75, 3.05) is 31.1 Å². The van der Waals surface area contributed by atoms with Crippen molar-refractivity contribution in [2.24, 2.45) is 0 Å². The molecule has 3 fully saturated rings. The largest absolute Gasteiger partial charge is 0.352 e. The Labute approximate surface area is 208 Å². The van der Waals surface area contributed by atoms with Gasteiger partial charge in [0.15, 0.2) is 0 Å². The lowest BCUT2D eigenvalue weighted by atomic mass is 9.91. The number of amides is 1. The number of aromatic nitrogens is 3. The minimum atomic E-state index is -0.578. The highest BCUT2D eigenvalue weighted by molar-refractivity contribution is 7.99. The standard InChI is InChI=1S/C25H34FN5O3S/c26-17-14-21-23(27-15-17)30(20-8-12-35-13-9-20)25(34)31(24(21)33)19-6-4-18(5-7-19)28-22(32)16-29-10-2-1-3-11-29/h14-15,18-20H,1-13,16H2,(H,28,32). The van der Waals surface area contributed by atoms with Gasteiger partial charge in [0.1, 0.15) is 11.5 Å². The Morgan fingerprint density at radius 1 is 1.00 bits per heavy atom. The lowest BCUT2D eigenvalue weighted by Crippen LogP contribution is -2.47. The number of thioether (sulfide) groups is 1. The maximum absolute atomic E-state index is 14.1. The van der Waals surface area contributed by atoms with Gasteiger partial charge in [-0.1, -0.05) is 6.42 Å². The Kier molecular flexibility index (Phi) is 7.57. The Balaban J connectivity index is 1.35. The summed E-state index contributed by atoms with van der Waals surface area (Å²) in [5.41, 5.74) is -0.514. The van der Waals surface area contributed by atoms with E-state index in [-0.39, 0.29) is 40.8 Å². The number of carbonyl (C=O) groups is 1. The first-order valence-electron chi connectivity index (χ1n) is 12.9. The topological polar surface area (TPSA) is 89.2 Å². The van der Waals surface area contributed by atoms with E-state index in [2.05, 4.69) is 15.2 Å². The summed E-state index contributed by atoms with van der Waals surface area (Å²) in [6, 6.07) is 0.959. The van der Waals surface area contributed by atoms with Crippen molar-refractivity contribution in [3.8, 4) is 0 Å². The van der Waals surface area contributed by atoms with Gasteiger partial charge in [0.25, 0.3) is 5.56 Å². The van der Waals surface area contributed by atoms with Gasteiger partial charge >= 0.3 is 5.69 Å². The SMILES string of the molecule is O=C(CN1CCCCC1)NC1CCC(n2c(=O)c3cc(F)cnc3n(C3CCSCC3)c2=O)CC1. The van der Waals surface area contributed by atoms with Crippen LogP contribution in [0.3, 0.4) is 0 Å². The van der Waals surface area contributed by atoms with Crippen LogP contribution in [-0.4, -0.2) is 62.1 Å². The van der Waals surface area contributed by atoms with Gasteiger partial charge in [-0.25, -0.2) is 14.2 Å². The third-order valence-electron chi connectivity index (χ3n) is 7.72. The van der Waals surface area contributed by atoms with Crippen molar-refractivity contribution in [1.29, 1.82) is 0 Å². The van der Waals surface area contributed by atoms with Gasteiger partial charge in [-0.3, -0.25) is 23.6 Å². The number of likely N-dealkylation sites (tertiary alicyclic amines) is 1. The first-order valence-corrected chi connectivity index (χ1v) is 14.1. The summed E-state index contributed by atoms with van der Waals surface area (Å²) in [7, 11) is 0. The van der Waals surface area contributed by atoms with Crippen LogP contribution in [0.4, 0.5) is 4.39 Å². The number of hydrogen-bond donors (Lipinski definition) is 1. The van der Waals surface area contributed by atoms with Gasteiger partial charge in [-0.05, 0) is 82.0 Å². The molecular weight excluding hydrogens is 469 g/mol. The average Bonchev–Trinajstić information content (AvgIpc) is 2.87. The number of rotatable bonds is 5. The molecule has 1 N–H and O–H groups in total. The molecule has 2 aliphatic heterocycles. The quantitative estimate of drug-likeness (QED) is 0.675. The van der Waals surface area contributed by atoms with Crippen LogP contribution in [-0.2, 0) is 4.79 Å². The number of hydrogen-bond acceptors (Lipinski definition) is 6. The second kappa shape index (κ2) is 10.8. The summed E-state index contributed by atoms with van der Waals surface area (Å²) < 4.78 is 17.0. The lowest BCUT2D eigenvalue weighted by Gasteiger charge is -2.32. The smallest absolute Gasteiger partial charge is 0.333 e. The normalized spacial score (nSPS) is 24.5. The zero-order valence-corrected chi connectivity index (χ0v) is 20.9. The molecule has 0 atom stereocenters. The molecule has 0 radical (unpaired) electrons. The van der Waals surface area contributed by atoms with Crippen molar-refractivity contribution >= 4 is 28.7 Å². The molecule has 3 aliphatic rings. The molecule has 10 heteroatoms. The van der Waals surface area contributed by atoms with Crippen molar-refractivity contribution in [3.05, 3.63) is 38.9 Å². The molecular formula is C25H34FN5O3S. The number of halogens is 1. The Morgan fingerprint density at radius 2 is 1.69 bits per heavy atom. The van der Waals surface area contributed by atoms with Crippen LogP contribution in [0, 0.1) is 5.82 Å². The minimum absolute atomic E-state index is 0.0403. The zero-order valence-electron chi connectivity index (χ0n) is 20.1. The number of nitrogens with one attached hydrogen (secondary N) is 1. The Morgan fingerprint density at radius 3 is 2.40 bits per heavy atom. The second-order valence-corrected chi connectivity index (χ2v) is 11.3. The summed E-state index contributed by atoms with van der Waals surface area (Å²) in [6.07, 6.45) is 8.93. The molecule has 2 aromatic rings. The van der Waals surface area contributed by atoms with Crippen LogP contribution in [0.5, 0.6) is 0 Å². The molecule has 0 spiro atoms. The first kappa shape index (κ1) is 24.5. The fourth-order valence-electron chi connectivity index (χ4n) is 5.87. The van der Waals surface area contributed by atoms with Gasteiger partial charge in [-0.15, -0.1) is 0 Å². The van der Waals surface area contributed by atoms with E-state index in [9.17, 15) is 18.8 Å². The zero-order chi connectivity index (χ0) is 24.4. The molecule has 4 heterocycles. The molecule has 5 rings (SSSR count). The summed E-state index contributed by atoms with van der Waals surface area (Å²) in [6.45, 7) is 2.39. The summed E-state index contributed by atoms with van der Waals surface area (Å²) >= 11 is 1.86. The highest BCUT2D eigenvalue weighted by atomic mass is 32.2. The van der Waals surface area contributed by atoms with E-state index in [0.717, 1.165) is 56.5 Å². The van der Waals surface area contributed by atoms with Gasteiger partial charge < -0.3 is 5.32 Å². The fraction of sp³-hybridized carbons (Fsp3) is 0.680. The molecule has 0 unspecified atom stereocenters. The number of pyridine rings is 1. The number of carbonyl (C=O) groups excluding carboxylic acids is 1. The number of fused-ring (bicyclic) bond motifs is 1. The molecule has 1 aliphatic carbocycles. The van der Waals surface area contributed by atoms with E-state index in [0.29, 0.717) is 32.2 Å². The van der Waals surface area contributed by atoms with Crippen LogP contribution in [0.15, 0.2) is 21.9 Å². The molecule has 190 valence electrons. The summed E-state index contributed by atoms with van der Waals surface area (Å²) in [4.78, 5) is 46.0. The fourth-order valence-corrected chi connectivity index (χ4v) is 6.95. The van der Waals surface area contributed by atoms with E-state index in [1.165, 1.54) is 17.1 Å². The van der Waals surface area contributed by atoms with Crippen LogP contribution in [0.2, 0.25) is 0 Å². The lowest BCUT2D eigenvalue weighted by molar-refractivity contribution is -0.123. The van der Waals surface area contributed by atoms with E-state index in [1.807, 2.05) is 11.8 Å². The van der Waals surface area contributed by atoms with E-state index < -0.39 is 11.4 Å². The van der Waals surface area contributed by atoms with Crippen LogP contribution < -0.4 is 16.6 Å². The molecule has 1 amide bonds. The molecule has 0 bridgehead atoms. The first-order chi connectivity index (χ1) is 17.0. The van der Waals surface area contributed by atoms with Gasteiger partial charge in [0.2, 0.25) is 5.91 Å². The number of nitrogens with zero attached hydrogens (tertiary/aromatic N) is 4. The maximum atomic E-state index is 14.1. The minimum Gasteiger partial charge on any atom is -0.352 e. The average molecular weight is 504 g/mol. The predicted molar refractivity (Wildman–Crippen MR) is 136 cm³/mol. The van der Waals surface area contributed by atoms with Gasteiger partial charge in [0.05, 0.1) is 18.1 Å². The summed E-state index contributed by atoms with van der Waals surface area (Å²) in [5.74, 6) is 1.37. The Hall–Kier alpha value is -2.20. The molecule has 8 nitrogen and oxygen atoms in total. The van der Waals surface area contributed by atoms with Crippen LogP contribution in [0.1, 0.15) is 69.9 Å². The van der Waals surface area contributed by atoms with Crippen molar-refractivity contribution in [1.82, 2.24) is 24.3 Å². The van der Waals surface area contributed by atoms with Gasteiger partial charge in [-0.2, -0.15) is 11.8 Å². The van der Waals surface area contributed by atoms with Crippen molar-refractivity contribution < 1.29 is 9.18 Å². The van der Waals surface area contributed by atoms with Gasteiger partial charge in [0, 0.05) is 18.1 Å². The highest BCUT2D eigenvalue weighted by Gasteiger charge is 2.30. The summed E-state index contributed by atoms with van der Waals surface area (Å²) in [5, 5.41) is 3.32. The molecule has 2 saturated heterocycles.